The van der Waals surface area contributed by atoms with Crippen molar-refractivity contribution in [2.45, 2.75) is 75.1 Å². The molecule has 1 saturated carbocycles. The van der Waals surface area contributed by atoms with Crippen LogP contribution >= 0.6 is 11.8 Å². The molecule has 0 spiro atoms. The fourth-order valence-corrected chi connectivity index (χ4v) is 5.66. The first-order valence-electron chi connectivity index (χ1n) is 11.9. The van der Waals surface area contributed by atoms with Gasteiger partial charge in [-0.3, -0.25) is 0 Å². The predicted octanol–water partition coefficient (Wildman–Crippen LogP) is 7.62. The van der Waals surface area contributed by atoms with Gasteiger partial charge in [0, 0.05) is 10.8 Å². The van der Waals surface area contributed by atoms with E-state index < -0.39 is 5.67 Å². The molecule has 1 heterocycles. The number of rotatable bonds is 7. The summed E-state index contributed by atoms with van der Waals surface area (Å²) >= 11 is 1.88. The molecule has 0 radical (unpaired) electrons. The lowest BCUT2D eigenvalue weighted by molar-refractivity contribution is -0.257. The number of hydrogen-bond acceptors (Lipinski definition) is 3. The predicted molar refractivity (Wildman–Crippen MR) is 127 cm³/mol. The van der Waals surface area contributed by atoms with E-state index in [4.69, 9.17) is 9.47 Å². The number of benzene rings is 2. The van der Waals surface area contributed by atoms with E-state index in [1.807, 2.05) is 18.7 Å². The zero-order valence-corrected chi connectivity index (χ0v) is 19.6. The maximum atomic E-state index is 14.6. The molecule has 31 heavy (non-hydrogen) atoms. The Kier molecular flexibility index (Phi) is 7.73. The highest BCUT2D eigenvalue weighted by Crippen LogP contribution is 2.40. The van der Waals surface area contributed by atoms with Crippen LogP contribution in [-0.4, -0.2) is 30.9 Å². The third kappa shape index (κ3) is 5.71. The third-order valence-corrected chi connectivity index (χ3v) is 7.64. The van der Waals surface area contributed by atoms with E-state index in [1.165, 1.54) is 21.6 Å². The summed E-state index contributed by atoms with van der Waals surface area (Å²) < 4.78 is 26.2. The molecule has 168 valence electrons. The van der Waals surface area contributed by atoms with Crippen molar-refractivity contribution >= 4 is 11.8 Å². The molecule has 2 fully saturated rings. The minimum absolute atomic E-state index is 0.186. The standard InChI is InChI=1S/C27H35FO2S/c1-3-17-27(28)18-29-26(30-19-27)24-11-9-22(10-12-24)20-5-7-21(8-6-20)23-13-15-25(16-14-23)31-4-2/h5-8,13-16,22,24,26H,3-4,9-12,17-19H2,1-2H3. The summed E-state index contributed by atoms with van der Waals surface area (Å²) in [5, 5.41) is 0. The van der Waals surface area contributed by atoms with Crippen molar-refractivity contribution in [1.29, 1.82) is 0 Å². The molecule has 1 saturated heterocycles. The van der Waals surface area contributed by atoms with Crippen molar-refractivity contribution in [3.8, 4) is 11.1 Å². The molecule has 4 rings (SSSR count). The van der Waals surface area contributed by atoms with Gasteiger partial charge in [0.25, 0.3) is 0 Å². The molecule has 1 aliphatic carbocycles. The van der Waals surface area contributed by atoms with Crippen molar-refractivity contribution < 1.29 is 13.9 Å². The second-order valence-electron chi connectivity index (χ2n) is 9.08. The first-order chi connectivity index (χ1) is 15.1. The quantitative estimate of drug-likeness (QED) is 0.411. The highest BCUT2D eigenvalue weighted by molar-refractivity contribution is 7.99. The van der Waals surface area contributed by atoms with Crippen LogP contribution in [0.25, 0.3) is 11.1 Å². The fraction of sp³-hybridized carbons (Fsp3) is 0.556. The van der Waals surface area contributed by atoms with Gasteiger partial charge in [-0.2, -0.15) is 0 Å². The highest BCUT2D eigenvalue weighted by atomic mass is 32.2. The molecule has 2 aromatic carbocycles. The van der Waals surface area contributed by atoms with E-state index in [-0.39, 0.29) is 19.5 Å². The lowest BCUT2D eigenvalue weighted by Crippen LogP contribution is -2.46. The Balaban J connectivity index is 1.29. The van der Waals surface area contributed by atoms with Gasteiger partial charge in [0.2, 0.25) is 0 Å². The van der Waals surface area contributed by atoms with E-state index in [0.29, 0.717) is 18.3 Å². The zero-order valence-electron chi connectivity index (χ0n) is 18.8. The molecule has 2 aromatic rings. The van der Waals surface area contributed by atoms with E-state index >= 15 is 0 Å². The topological polar surface area (TPSA) is 18.5 Å². The largest absolute Gasteiger partial charge is 0.349 e. The zero-order chi connectivity index (χ0) is 21.7. The maximum Gasteiger partial charge on any atom is 0.160 e. The van der Waals surface area contributed by atoms with E-state index in [1.54, 1.807) is 0 Å². The van der Waals surface area contributed by atoms with Gasteiger partial charge in [0.1, 0.15) is 0 Å². The molecular weight excluding hydrogens is 407 g/mol. The summed E-state index contributed by atoms with van der Waals surface area (Å²) in [6.07, 6.45) is 5.57. The highest BCUT2D eigenvalue weighted by Gasteiger charge is 2.39. The third-order valence-electron chi connectivity index (χ3n) is 6.75. The van der Waals surface area contributed by atoms with Crippen LogP contribution in [0.2, 0.25) is 0 Å². The molecule has 0 aromatic heterocycles. The lowest BCUT2D eigenvalue weighted by atomic mass is 9.78. The van der Waals surface area contributed by atoms with Crippen molar-refractivity contribution in [1.82, 2.24) is 0 Å². The van der Waals surface area contributed by atoms with Crippen LogP contribution in [0.1, 0.15) is 63.9 Å². The average molecular weight is 443 g/mol. The average Bonchev–Trinajstić information content (AvgIpc) is 2.81. The summed E-state index contributed by atoms with van der Waals surface area (Å²) in [5.74, 6) is 2.09. The second-order valence-corrected chi connectivity index (χ2v) is 10.4. The lowest BCUT2D eigenvalue weighted by Gasteiger charge is -2.40. The van der Waals surface area contributed by atoms with Crippen molar-refractivity contribution in [3.05, 3.63) is 54.1 Å². The molecule has 2 aliphatic rings. The molecule has 0 unspecified atom stereocenters. The minimum Gasteiger partial charge on any atom is -0.349 e. The molecule has 4 heteroatoms. The molecule has 1 aliphatic heterocycles. The fourth-order valence-electron chi connectivity index (χ4n) is 5.00. The molecule has 2 nitrogen and oxygen atoms in total. The van der Waals surface area contributed by atoms with Crippen molar-refractivity contribution in [2.24, 2.45) is 5.92 Å². The first-order valence-corrected chi connectivity index (χ1v) is 12.8. The Hall–Kier alpha value is -1.36. The Morgan fingerprint density at radius 2 is 1.45 bits per heavy atom. The summed E-state index contributed by atoms with van der Waals surface area (Å²) in [6, 6.07) is 18.0. The van der Waals surface area contributed by atoms with Gasteiger partial charge >= 0.3 is 0 Å². The SMILES string of the molecule is CCCC1(F)COC(C2CCC(c3ccc(-c4ccc(SCC)cc4)cc3)CC2)OC1. The van der Waals surface area contributed by atoms with Crippen LogP contribution in [0.15, 0.2) is 53.4 Å². The van der Waals surface area contributed by atoms with Crippen LogP contribution in [0, 0.1) is 5.92 Å². The Labute approximate surface area is 190 Å². The van der Waals surface area contributed by atoms with Gasteiger partial charge in [0.15, 0.2) is 12.0 Å². The van der Waals surface area contributed by atoms with E-state index in [9.17, 15) is 4.39 Å². The molecule has 0 atom stereocenters. The summed E-state index contributed by atoms with van der Waals surface area (Å²) in [6.45, 7) is 4.56. The Morgan fingerprint density at radius 1 is 0.871 bits per heavy atom. The van der Waals surface area contributed by atoms with Gasteiger partial charge < -0.3 is 9.47 Å². The van der Waals surface area contributed by atoms with Gasteiger partial charge in [-0.1, -0.05) is 56.7 Å². The van der Waals surface area contributed by atoms with Crippen molar-refractivity contribution in [2.75, 3.05) is 19.0 Å². The van der Waals surface area contributed by atoms with Gasteiger partial charge in [-0.05, 0) is 72.6 Å². The van der Waals surface area contributed by atoms with Crippen LogP contribution in [0.5, 0.6) is 0 Å². The maximum absolute atomic E-state index is 14.6. The Morgan fingerprint density at radius 3 is 2.00 bits per heavy atom. The monoisotopic (exact) mass is 442 g/mol. The van der Waals surface area contributed by atoms with Crippen molar-refractivity contribution in [3.63, 3.8) is 0 Å². The van der Waals surface area contributed by atoms with Crippen LogP contribution < -0.4 is 0 Å². The van der Waals surface area contributed by atoms with Crippen LogP contribution in [0.3, 0.4) is 0 Å². The van der Waals surface area contributed by atoms with Crippen LogP contribution in [-0.2, 0) is 9.47 Å². The summed E-state index contributed by atoms with van der Waals surface area (Å²) in [5.41, 5.74) is 2.68. The van der Waals surface area contributed by atoms with Gasteiger partial charge in [0.05, 0.1) is 13.2 Å². The first kappa shape index (κ1) is 22.8. The summed E-state index contributed by atoms with van der Waals surface area (Å²) in [4.78, 5) is 1.33. The summed E-state index contributed by atoms with van der Waals surface area (Å²) in [7, 11) is 0. The van der Waals surface area contributed by atoms with E-state index in [0.717, 1.165) is 37.9 Å². The second kappa shape index (κ2) is 10.5. The Bertz CT molecular complexity index is 804. The normalized spacial score (nSPS) is 29.1. The molecule has 0 N–H and O–H groups in total. The minimum atomic E-state index is -1.29. The van der Waals surface area contributed by atoms with Gasteiger partial charge in [-0.25, -0.2) is 4.39 Å². The van der Waals surface area contributed by atoms with Gasteiger partial charge in [-0.15, -0.1) is 11.8 Å². The molecule has 0 bridgehead atoms. The number of alkyl halides is 1. The smallest absolute Gasteiger partial charge is 0.160 e. The van der Waals surface area contributed by atoms with E-state index in [2.05, 4.69) is 55.5 Å². The number of halogens is 1. The number of thioether (sulfide) groups is 1. The van der Waals surface area contributed by atoms with Crippen LogP contribution in [0.4, 0.5) is 4.39 Å². The number of ether oxygens (including phenoxy) is 2. The molecular formula is C27H35FO2S. The number of hydrogen-bond donors (Lipinski definition) is 0. The molecule has 0 amide bonds.